The third kappa shape index (κ3) is 7.95. The monoisotopic (exact) mass is 551 g/mol. The van der Waals surface area contributed by atoms with Gasteiger partial charge in [0.05, 0.1) is 12.6 Å². The quantitative estimate of drug-likeness (QED) is 0.240. The highest BCUT2D eigenvalue weighted by molar-refractivity contribution is 6.30. The first kappa shape index (κ1) is 28.4. The maximum atomic E-state index is 7.57. The Bertz CT molecular complexity index is 1270. The van der Waals surface area contributed by atoms with Crippen molar-refractivity contribution in [2.45, 2.75) is 13.0 Å². The third-order valence-electron chi connectivity index (χ3n) is 7.00. The first-order valence-electron chi connectivity index (χ1n) is 13.1. The Morgan fingerprint density at radius 1 is 0.897 bits per heavy atom. The summed E-state index contributed by atoms with van der Waals surface area (Å²) in [5, 5.41) is 19.7. The van der Waals surface area contributed by atoms with Crippen molar-refractivity contribution >= 4 is 34.4 Å². The van der Waals surface area contributed by atoms with E-state index in [-0.39, 0.29) is 11.9 Å². The van der Waals surface area contributed by atoms with Crippen molar-refractivity contribution in [1.29, 1.82) is 10.8 Å². The number of rotatable bonds is 5. The largest absolute Gasteiger partial charge is 0.481 e. The predicted octanol–water partition coefficient (Wildman–Crippen LogP) is 2.28. The fourth-order valence-electron chi connectivity index (χ4n) is 4.79. The van der Waals surface area contributed by atoms with Crippen molar-refractivity contribution in [3.8, 4) is 5.88 Å². The van der Waals surface area contributed by atoms with Gasteiger partial charge in [-0.05, 0) is 41.5 Å². The van der Waals surface area contributed by atoms with Crippen LogP contribution in [0.15, 0.2) is 48.5 Å². The van der Waals surface area contributed by atoms with E-state index in [0.29, 0.717) is 5.88 Å². The van der Waals surface area contributed by atoms with Crippen LogP contribution >= 0.6 is 11.6 Å². The van der Waals surface area contributed by atoms with E-state index in [9.17, 15) is 0 Å². The number of methoxy groups -OCH3 is 1. The summed E-state index contributed by atoms with van der Waals surface area (Å²) in [6, 6.07) is 16.4. The van der Waals surface area contributed by atoms with E-state index >= 15 is 0 Å². The fourth-order valence-corrected chi connectivity index (χ4v) is 4.91. The molecule has 0 amide bonds. The van der Waals surface area contributed by atoms with Crippen LogP contribution in [0, 0.1) is 10.8 Å². The normalized spacial score (nSPS) is 15.9. The van der Waals surface area contributed by atoms with E-state index in [2.05, 4.69) is 34.5 Å². The second-order valence-electron chi connectivity index (χ2n) is 9.76. The predicted molar refractivity (Wildman–Crippen MR) is 158 cm³/mol. The molecular weight excluding hydrogens is 514 g/mol. The number of fused-ring (bicyclic) bond motifs is 1. The van der Waals surface area contributed by atoms with Gasteiger partial charge in [0, 0.05) is 81.3 Å². The third-order valence-corrected chi connectivity index (χ3v) is 7.25. The average molecular weight is 552 g/mol. The molecule has 0 bridgehead atoms. The molecule has 5 rings (SSSR count). The molecular formula is C28H38ClN9O. The Kier molecular flexibility index (Phi) is 9.80. The first-order chi connectivity index (χ1) is 18.8. The fraction of sp³-hybridized carbons (Fsp3) is 0.393. The van der Waals surface area contributed by atoms with Crippen LogP contribution in [0.3, 0.4) is 0 Å². The van der Waals surface area contributed by atoms with Crippen LogP contribution in [0.2, 0.25) is 5.02 Å². The number of halogens is 1. The van der Waals surface area contributed by atoms with Gasteiger partial charge in [-0.25, -0.2) is 4.98 Å². The van der Waals surface area contributed by atoms with Gasteiger partial charge in [0.2, 0.25) is 5.88 Å². The van der Waals surface area contributed by atoms with Crippen molar-refractivity contribution in [1.82, 2.24) is 25.0 Å². The van der Waals surface area contributed by atoms with Gasteiger partial charge in [-0.15, -0.1) is 0 Å². The van der Waals surface area contributed by atoms with Gasteiger partial charge in [-0.3, -0.25) is 15.7 Å². The van der Waals surface area contributed by atoms with E-state index < -0.39 is 0 Å². The van der Waals surface area contributed by atoms with Crippen molar-refractivity contribution in [2.75, 3.05) is 59.5 Å². The van der Waals surface area contributed by atoms with Gasteiger partial charge in [-0.1, -0.05) is 29.8 Å². The van der Waals surface area contributed by atoms with Crippen LogP contribution in [0.25, 0.3) is 10.9 Å². The smallest absolute Gasteiger partial charge is 0.217 e. The molecule has 7 N–H and O–H groups in total. The van der Waals surface area contributed by atoms with Crippen LogP contribution in [0.5, 0.6) is 5.88 Å². The Balaban J connectivity index is 0.000000333. The van der Waals surface area contributed by atoms with E-state index in [4.69, 9.17) is 43.6 Å². The number of benzene rings is 2. The summed E-state index contributed by atoms with van der Waals surface area (Å²) in [6.45, 7) is 7.91. The van der Waals surface area contributed by atoms with Crippen LogP contribution in [-0.4, -0.2) is 91.1 Å². The Hall–Kier alpha value is -3.60. The molecule has 0 aliphatic carbocycles. The zero-order valence-electron chi connectivity index (χ0n) is 22.4. The zero-order valence-corrected chi connectivity index (χ0v) is 23.2. The molecule has 2 aromatic carbocycles. The average Bonchev–Trinajstić information content (AvgIpc) is 2.95. The van der Waals surface area contributed by atoms with E-state index in [1.165, 1.54) is 11.1 Å². The number of piperazine rings is 2. The van der Waals surface area contributed by atoms with Crippen molar-refractivity contribution in [3.05, 3.63) is 70.2 Å². The standard InChI is InChI=1S/C23H26ClN5O.C5H12N4/c1-30-22-19(12-16-2-5-20(24)6-3-16)14-18-13-17(4-7-21(18)27-22)15-28-8-10-29(11-9-28)23(25)26;6-5(7)9-3-1-8-2-4-9/h2-7,13-14H,8-12,15H2,1H3,(H3,25,26);8H,1-4H2,(H3,6,7). The molecule has 3 aromatic rings. The van der Waals surface area contributed by atoms with Gasteiger partial charge in [0.15, 0.2) is 11.9 Å². The lowest BCUT2D eigenvalue weighted by molar-refractivity contribution is 0.174. The van der Waals surface area contributed by atoms with Crippen LogP contribution in [0.4, 0.5) is 0 Å². The lowest BCUT2D eigenvalue weighted by Crippen LogP contribution is -2.50. The molecule has 0 saturated carbocycles. The highest BCUT2D eigenvalue weighted by Gasteiger charge is 2.18. The molecule has 0 atom stereocenters. The summed E-state index contributed by atoms with van der Waals surface area (Å²) in [6.07, 6.45) is 0.737. The van der Waals surface area contributed by atoms with Crippen LogP contribution < -0.4 is 21.5 Å². The number of nitrogens with zero attached hydrogens (tertiary/aromatic N) is 4. The molecule has 0 spiro atoms. The Labute approximate surface area is 234 Å². The van der Waals surface area contributed by atoms with E-state index in [1.807, 2.05) is 34.1 Å². The number of hydrogen-bond acceptors (Lipinski definition) is 6. The second kappa shape index (κ2) is 13.5. The molecule has 0 unspecified atom stereocenters. The van der Waals surface area contributed by atoms with Crippen LogP contribution in [0.1, 0.15) is 16.7 Å². The molecule has 1 aromatic heterocycles. The number of hydrogen-bond donors (Lipinski definition) is 5. The number of nitrogens with two attached hydrogens (primary N) is 2. The molecule has 2 fully saturated rings. The number of aromatic nitrogens is 1. The van der Waals surface area contributed by atoms with Crippen molar-refractivity contribution in [2.24, 2.45) is 11.5 Å². The van der Waals surface area contributed by atoms with Gasteiger partial charge in [0.1, 0.15) is 0 Å². The van der Waals surface area contributed by atoms with Crippen molar-refractivity contribution in [3.63, 3.8) is 0 Å². The van der Waals surface area contributed by atoms with Crippen molar-refractivity contribution < 1.29 is 4.74 Å². The van der Waals surface area contributed by atoms with Gasteiger partial charge >= 0.3 is 0 Å². The molecule has 0 radical (unpaired) electrons. The molecule has 39 heavy (non-hydrogen) atoms. The second-order valence-corrected chi connectivity index (χ2v) is 10.2. The molecule has 2 saturated heterocycles. The highest BCUT2D eigenvalue weighted by Crippen LogP contribution is 2.26. The highest BCUT2D eigenvalue weighted by atomic mass is 35.5. The maximum Gasteiger partial charge on any atom is 0.217 e. The summed E-state index contributed by atoms with van der Waals surface area (Å²) < 4.78 is 5.55. The molecule has 208 valence electrons. The lowest BCUT2D eigenvalue weighted by atomic mass is 10.0. The van der Waals surface area contributed by atoms with Gasteiger partial charge in [-0.2, -0.15) is 0 Å². The summed E-state index contributed by atoms with van der Waals surface area (Å²) in [4.78, 5) is 10.9. The summed E-state index contributed by atoms with van der Waals surface area (Å²) >= 11 is 6.01. The minimum Gasteiger partial charge on any atom is -0.481 e. The lowest BCUT2D eigenvalue weighted by Gasteiger charge is -2.34. The maximum absolute atomic E-state index is 7.57. The van der Waals surface area contributed by atoms with E-state index in [1.54, 1.807) is 7.11 Å². The van der Waals surface area contributed by atoms with Gasteiger partial charge < -0.3 is 31.3 Å². The minimum absolute atomic E-state index is 0.161. The topological polar surface area (TPSA) is 144 Å². The molecule has 10 nitrogen and oxygen atoms in total. The number of nitrogens with one attached hydrogen (secondary N) is 3. The molecule has 2 aliphatic heterocycles. The number of guanidine groups is 2. The zero-order chi connectivity index (χ0) is 27.8. The molecule has 2 aliphatic rings. The van der Waals surface area contributed by atoms with Gasteiger partial charge in [0.25, 0.3) is 0 Å². The van der Waals surface area contributed by atoms with E-state index in [0.717, 1.165) is 86.8 Å². The number of ether oxygens (including phenoxy) is 1. The number of pyridine rings is 1. The molecule has 11 heteroatoms. The minimum atomic E-state index is 0.161. The summed E-state index contributed by atoms with van der Waals surface area (Å²) in [5.74, 6) is 1.01. The Morgan fingerprint density at radius 3 is 2.10 bits per heavy atom. The molecule has 3 heterocycles. The van der Waals surface area contributed by atoms with Crippen LogP contribution in [-0.2, 0) is 13.0 Å². The summed E-state index contributed by atoms with van der Waals surface area (Å²) in [7, 11) is 1.66. The SMILES string of the molecule is COc1nc2ccc(CN3CCN(C(=N)N)CC3)cc2cc1Cc1ccc(Cl)cc1.N=C(N)N1CCNCC1. The summed E-state index contributed by atoms with van der Waals surface area (Å²) in [5.41, 5.74) is 15.2. The first-order valence-corrected chi connectivity index (χ1v) is 13.5. The Morgan fingerprint density at radius 2 is 1.51 bits per heavy atom.